The van der Waals surface area contributed by atoms with Gasteiger partial charge in [0.25, 0.3) is 5.91 Å². The molecule has 1 heterocycles. The average Bonchev–Trinajstić information content (AvgIpc) is 3.01. The van der Waals surface area contributed by atoms with E-state index in [1.54, 1.807) is 28.8 Å². The highest BCUT2D eigenvalue weighted by molar-refractivity contribution is 8.00. The van der Waals surface area contributed by atoms with E-state index in [-0.39, 0.29) is 11.3 Å². The van der Waals surface area contributed by atoms with Gasteiger partial charge in [0.15, 0.2) is 0 Å². The largest absolute Gasteiger partial charge is 0.480 e. The Morgan fingerprint density at radius 3 is 2.39 bits per heavy atom. The molecule has 0 spiro atoms. The Kier molecular flexibility index (Phi) is 4.95. The van der Waals surface area contributed by atoms with Crippen LogP contribution in [0.25, 0.3) is 0 Å². The smallest absolute Gasteiger partial charge is 0.327 e. The third-order valence-electron chi connectivity index (χ3n) is 4.91. The van der Waals surface area contributed by atoms with Crippen LogP contribution in [-0.2, 0) is 4.79 Å². The number of benzene rings is 1. The van der Waals surface area contributed by atoms with Crippen molar-refractivity contribution in [3.8, 4) is 0 Å². The van der Waals surface area contributed by atoms with Crippen molar-refractivity contribution in [1.82, 2.24) is 4.90 Å². The predicted octanol–water partition coefficient (Wildman–Crippen LogP) is 3.54. The van der Waals surface area contributed by atoms with Crippen molar-refractivity contribution < 1.29 is 14.7 Å². The summed E-state index contributed by atoms with van der Waals surface area (Å²) in [5.41, 5.74) is 1.68. The van der Waals surface area contributed by atoms with E-state index >= 15 is 0 Å². The van der Waals surface area contributed by atoms with Gasteiger partial charge in [-0.1, -0.05) is 37.0 Å². The van der Waals surface area contributed by atoms with Crippen molar-refractivity contribution >= 4 is 23.6 Å². The Balaban J connectivity index is 1.87. The summed E-state index contributed by atoms with van der Waals surface area (Å²) in [7, 11) is 0. The molecule has 23 heavy (non-hydrogen) atoms. The third-order valence-corrected chi connectivity index (χ3v) is 6.37. The molecule has 1 aliphatic heterocycles. The molecule has 1 amide bonds. The van der Waals surface area contributed by atoms with Gasteiger partial charge in [0, 0.05) is 11.3 Å². The summed E-state index contributed by atoms with van der Waals surface area (Å²) in [5, 5.41) is 9.54. The number of amides is 1. The first kappa shape index (κ1) is 16.4. The maximum Gasteiger partial charge on any atom is 0.327 e. The molecule has 0 bridgehead atoms. The van der Waals surface area contributed by atoms with Crippen LogP contribution in [0.2, 0.25) is 0 Å². The Labute approximate surface area is 141 Å². The highest BCUT2D eigenvalue weighted by Gasteiger charge is 2.45. The van der Waals surface area contributed by atoms with Gasteiger partial charge in [-0.3, -0.25) is 4.79 Å². The maximum absolute atomic E-state index is 13.0. The standard InChI is InChI=1S/C18H23NO3S/c1-12-7-9-13(10-8-12)16(20)19-15(18(21)22)11-23-17(19)14-5-3-2-4-6-14/h7-10,14-15,17H,2-6,11H2,1H3,(H,21,22). The van der Waals surface area contributed by atoms with E-state index in [2.05, 4.69) is 0 Å². The molecular formula is C18H23NO3S. The number of aliphatic carboxylic acids is 1. The fraction of sp³-hybridized carbons (Fsp3) is 0.556. The van der Waals surface area contributed by atoms with E-state index in [0.29, 0.717) is 17.2 Å². The van der Waals surface area contributed by atoms with Crippen LogP contribution in [0.15, 0.2) is 24.3 Å². The van der Waals surface area contributed by atoms with Gasteiger partial charge in [0.05, 0.1) is 5.37 Å². The molecule has 2 aliphatic rings. The summed E-state index contributed by atoms with van der Waals surface area (Å²) >= 11 is 1.64. The van der Waals surface area contributed by atoms with Gasteiger partial charge >= 0.3 is 5.97 Å². The Bertz CT molecular complexity index is 580. The molecule has 2 atom stereocenters. The third kappa shape index (κ3) is 3.39. The van der Waals surface area contributed by atoms with E-state index in [9.17, 15) is 14.7 Å². The molecule has 1 aromatic carbocycles. The number of carboxylic acids is 1. The Morgan fingerprint density at radius 1 is 1.13 bits per heavy atom. The van der Waals surface area contributed by atoms with Crippen LogP contribution in [0.1, 0.15) is 48.0 Å². The molecule has 1 aromatic rings. The molecule has 1 saturated heterocycles. The topological polar surface area (TPSA) is 57.6 Å². The second kappa shape index (κ2) is 6.95. The number of thioether (sulfide) groups is 1. The number of hydrogen-bond acceptors (Lipinski definition) is 3. The Hall–Kier alpha value is -1.49. The van der Waals surface area contributed by atoms with Crippen LogP contribution < -0.4 is 0 Å². The molecule has 1 saturated carbocycles. The summed E-state index contributed by atoms with van der Waals surface area (Å²) in [6.07, 6.45) is 5.82. The summed E-state index contributed by atoms with van der Waals surface area (Å²) in [6, 6.07) is 6.71. The van der Waals surface area contributed by atoms with Gasteiger partial charge in [-0.05, 0) is 37.8 Å². The summed E-state index contributed by atoms with van der Waals surface area (Å²) in [6.45, 7) is 1.98. The number of hydrogen-bond donors (Lipinski definition) is 1. The molecule has 1 N–H and O–H groups in total. The lowest BCUT2D eigenvalue weighted by molar-refractivity contribution is -0.141. The quantitative estimate of drug-likeness (QED) is 0.919. The first-order valence-corrected chi connectivity index (χ1v) is 9.36. The minimum absolute atomic E-state index is 0.00482. The van der Waals surface area contributed by atoms with E-state index in [4.69, 9.17) is 0 Å². The SMILES string of the molecule is Cc1ccc(C(=O)N2C(C(=O)O)CSC2C2CCCCC2)cc1. The highest BCUT2D eigenvalue weighted by Crippen LogP contribution is 2.41. The van der Waals surface area contributed by atoms with Crippen molar-refractivity contribution in [3.05, 3.63) is 35.4 Å². The normalized spacial score (nSPS) is 25.5. The second-order valence-electron chi connectivity index (χ2n) is 6.55. The molecule has 2 unspecified atom stereocenters. The number of aryl methyl sites for hydroxylation is 1. The minimum Gasteiger partial charge on any atom is -0.480 e. The molecular weight excluding hydrogens is 310 g/mol. The van der Waals surface area contributed by atoms with Crippen LogP contribution in [0.3, 0.4) is 0 Å². The molecule has 2 fully saturated rings. The zero-order valence-corrected chi connectivity index (χ0v) is 14.2. The van der Waals surface area contributed by atoms with Gasteiger partial charge in [-0.25, -0.2) is 4.79 Å². The number of carbonyl (C=O) groups excluding carboxylic acids is 1. The molecule has 0 radical (unpaired) electrons. The van der Waals surface area contributed by atoms with E-state index in [1.807, 2.05) is 19.1 Å². The molecule has 0 aromatic heterocycles. The highest BCUT2D eigenvalue weighted by atomic mass is 32.2. The fourth-order valence-electron chi connectivity index (χ4n) is 3.60. The molecule has 5 heteroatoms. The molecule has 124 valence electrons. The van der Waals surface area contributed by atoms with Gasteiger partial charge in [-0.2, -0.15) is 0 Å². The number of rotatable bonds is 3. The lowest BCUT2D eigenvalue weighted by atomic mass is 9.88. The summed E-state index contributed by atoms with van der Waals surface area (Å²) < 4.78 is 0. The average molecular weight is 333 g/mol. The van der Waals surface area contributed by atoms with Crippen molar-refractivity contribution in [2.75, 3.05) is 5.75 Å². The van der Waals surface area contributed by atoms with Crippen molar-refractivity contribution in [2.45, 2.75) is 50.4 Å². The van der Waals surface area contributed by atoms with Crippen LogP contribution in [0, 0.1) is 12.8 Å². The van der Waals surface area contributed by atoms with Crippen LogP contribution >= 0.6 is 11.8 Å². The Morgan fingerprint density at radius 2 is 1.78 bits per heavy atom. The van der Waals surface area contributed by atoms with E-state index < -0.39 is 12.0 Å². The summed E-state index contributed by atoms with van der Waals surface area (Å²) in [4.78, 5) is 26.2. The zero-order valence-electron chi connectivity index (χ0n) is 13.4. The zero-order chi connectivity index (χ0) is 16.4. The van der Waals surface area contributed by atoms with E-state index in [1.165, 1.54) is 19.3 Å². The van der Waals surface area contributed by atoms with Crippen molar-refractivity contribution in [3.63, 3.8) is 0 Å². The van der Waals surface area contributed by atoms with E-state index in [0.717, 1.165) is 18.4 Å². The molecule has 1 aliphatic carbocycles. The molecule has 4 nitrogen and oxygen atoms in total. The predicted molar refractivity (Wildman–Crippen MR) is 91.6 cm³/mol. The summed E-state index contributed by atoms with van der Waals surface area (Å²) in [5.74, 6) is -0.115. The fourth-order valence-corrected chi connectivity index (χ4v) is 5.23. The first-order valence-electron chi connectivity index (χ1n) is 8.31. The van der Waals surface area contributed by atoms with Crippen LogP contribution in [0.4, 0.5) is 0 Å². The molecule has 3 rings (SSSR count). The van der Waals surface area contributed by atoms with Crippen LogP contribution in [0.5, 0.6) is 0 Å². The number of carboxylic acid groups (broad SMARTS) is 1. The van der Waals surface area contributed by atoms with Crippen LogP contribution in [-0.4, -0.2) is 39.1 Å². The lowest BCUT2D eigenvalue weighted by Crippen LogP contribution is -2.48. The van der Waals surface area contributed by atoms with Gasteiger partial charge in [-0.15, -0.1) is 11.8 Å². The van der Waals surface area contributed by atoms with Gasteiger partial charge in [0.2, 0.25) is 0 Å². The minimum atomic E-state index is -0.892. The lowest BCUT2D eigenvalue weighted by Gasteiger charge is -2.34. The van der Waals surface area contributed by atoms with Gasteiger partial charge < -0.3 is 10.0 Å². The second-order valence-corrected chi connectivity index (χ2v) is 7.70. The monoisotopic (exact) mass is 333 g/mol. The maximum atomic E-state index is 13.0. The van der Waals surface area contributed by atoms with Crippen molar-refractivity contribution in [2.24, 2.45) is 5.92 Å². The van der Waals surface area contributed by atoms with Crippen molar-refractivity contribution in [1.29, 1.82) is 0 Å². The van der Waals surface area contributed by atoms with Gasteiger partial charge in [0.1, 0.15) is 6.04 Å². The first-order chi connectivity index (χ1) is 11.1. The number of nitrogens with zero attached hydrogens (tertiary/aromatic N) is 1. The number of carbonyl (C=O) groups is 2.